The second-order valence-corrected chi connectivity index (χ2v) is 3.35. The number of pyridine rings is 1. The third-order valence-corrected chi connectivity index (χ3v) is 2.16. The Morgan fingerprint density at radius 3 is 2.67 bits per heavy atom. The minimum Gasteiger partial charge on any atom is -0.221 e. The highest BCUT2D eigenvalue weighted by molar-refractivity contribution is 7.80. The first-order valence-electron chi connectivity index (χ1n) is 3.26. The largest absolute Gasteiger partial charge is 0.221 e. The van der Waals surface area contributed by atoms with Crippen molar-refractivity contribution in [1.29, 1.82) is 0 Å². The molecular formula is C7H6Cl2FNS. The fourth-order valence-corrected chi connectivity index (χ4v) is 1.44. The lowest BCUT2D eigenvalue weighted by Crippen LogP contribution is -1.93. The van der Waals surface area contributed by atoms with Crippen LogP contribution in [0, 0.1) is 5.82 Å². The molecular weight excluding hydrogens is 220 g/mol. The van der Waals surface area contributed by atoms with Gasteiger partial charge in [-0.15, -0.1) is 0 Å². The molecule has 0 fully saturated rings. The van der Waals surface area contributed by atoms with E-state index in [0.29, 0.717) is 17.7 Å². The maximum absolute atomic E-state index is 12.8. The van der Waals surface area contributed by atoms with E-state index < -0.39 is 5.82 Å². The van der Waals surface area contributed by atoms with Crippen molar-refractivity contribution < 1.29 is 4.39 Å². The summed E-state index contributed by atoms with van der Waals surface area (Å²) in [6, 6.07) is 1.29. The minimum absolute atomic E-state index is 0.192. The van der Waals surface area contributed by atoms with E-state index in [1.165, 1.54) is 6.07 Å². The van der Waals surface area contributed by atoms with Crippen LogP contribution in [0.2, 0.25) is 10.3 Å². The summed E-state index contributed by atoms with van der Waals surface area (Å²) in [5, 5.41) is 0.0540. The maximum Gasteiger partial charge on any atom is 0.166 e. The molecule has 0 amide bonds. The van der Waals surface area contributed by atoms with Crippen molar-refractivity contribution in [3.8, 4) is 0 Å². The van der Waals surface area contributed by atoms with Crippen molar-refractivity contribution in [2.75, 3.05) is 5.75 Å². The lowest BCUT2D eigenvalue weighted by Gasteiger charge is -2.01. The number of halogens is 3. The van der Waals surface area contributed by atoms with E-state index in [0.717, 1.165) is 0 Å². The van der Waals surface area contributed by atoms with Crippen molar-refractivity contribution >= 4 is 35.8 Å². The van der Waals surface area contributed by atoms with Gasteiger partial charge in [0.25, 0.3) is 0 Å². The third kappa shape index (κ3) is 2.25. The van der Waals surface area contributed by atoms with Gasteiger partial charge in [0.15, 0.2) is 11.0 Å². The molecule has 0 aromatic carbocycles. The fraction of sp³-hybridized carbons (Fsp3) is 0.286. The predicted octanol–water partition coefficient (Wildman–Crippen LogP) is 3.00. The Morgan fingerprint density at radius 2 is 2.08 bits per heavy atom. The standard InChI is InChI=1S/C7H6Cl2FNS/c8-6-4(1-2-12)3-5(10)7(9)11-6/h3,12H,1-2H2. The zero-order valence-electron chi connectivity index (χ0n) is 6.02. The topological polar surface area (TPSA) is 12.9 Å². The highest BCUT2D eigenvalue weighted by Gasteiger charge is 2.07. The molecule has 12 heavy (non-hydrogen) atoms. The van der Waals surface area contributed by atoms with Crippen LogP contribution in [0.5, 0.6) is 0 Å². The molecule has 0 saturated heterocycles. The highest BCUT2D eigenvalue weighted by atomic mass is 35.5. The molecule has 0 saturated carbocycles. The van der Waals surface area contributed by atoms with Crippen LogP contribution in [-0.4, -0.2) is 10.7 Å². The van der Waals surface area contributed by atoms with Gasteiger partial charge in [-0.1, -0.05) is 23.2 Å². The summed E-state index contributed by atoms with van der Waals surface area (Å²) < 4.78 is 12.8. The summed E-state index contributed by atoms with van der Waals surface area (Å²) in [5.41, 5.74) is 0.633. The fourth-order valence-electron chi connectivity index (χ4n) is 0.779. The van der Waals surface area contributed by atoms with Crippen LogP contribution < -0.4 is 0 Å². The van der Waals surface area contributed by atoms with Gasteiger partial charge in [0, 0.05) is 0 Å². The zero-order chi connectivity index (χ0) is 9.14. The molecule has 1 heterocycles. The summed E-state index contributed by atoms with van der Waals surface area (Å²) in [4.78, 5) is 3.61. The number of hydrogen-bond acceptors (Lipinski definition) is 2. The smallest absolute Gasteiger partial charge is 0.166 e. The van der Waals surface area contributed by atoms with E-state index in [2.05, 4.69) is 17.6 Å². The molecule has 0 N–H and O–H groups in total. The normalized spacial score (nSPS) is 10.3. The first kappa shape index (κ1) is 10.1. The number of thiol groups is 1. The van der Waals surface area contributed by atoms with Gasteiger partial charge in [0.05, 0.1) is 0 Å². The first-order chi connectivity index (χ1) is 5.65. The van der Waals surface area contributed by atoms with Crippen LogP contribution in [0.4, 0.5) is 4.39 Å². The lowest BCUT2D eigenvalue weighted by atomic mass is 10.2. The molecule has 1 aromatic rings. The van der Waals surface area contributed by atoms with Gasteiger partial charge in [0.2, 0.25) is 0 Å². The molecule has 0 aliphatic carbocycles. The second kappa shape index (κ2) is 4.30. The summed E-state index contributed by atoms with van der Waals surface area (Å²) in [7, 11) is 0. The van der Waals surface area contributed by atoms with Crippen LogP contribution in [0.3, 0.4) is 0 Å². The summed E-state index contributed by atoms with van der Waals surface area (Å²) in [6.07, 6.45) is 0.586. The molecule has 0 atom stereocenters. The van der Waals surface area contributed by atoms with Crippen molar-refractivity contribution in [3.05, 3.63) is 27.8 Å². The molecule has 1 aromatic heterocycles. The van der Waals surface area contributed by atoms with Gasteiger partial charge in [-0.2, -0.15) is 12.6 Å². The van der Waals surface area contributed by atoms with Crippen LogP contribution in [0.15, 0.2) is 6.07 Å². The number of nitrogens with zero attached hydrogens (tertiary/aromatic N) is 1. The summed E-state index contributed by atoms with van der Waals surface area (Å²) >= 11 is 15.1. The number of aryl methyl sites for hydroxylation is 1. The van der Waals surface area contributed by atoms with E-state index in [1.807, 2.05) is 0 Å². The number of aromatic nitrogens is 1. The molecule has 1 nitrogen and oxygen atoms in total. The predicted molar refractivity (Wildman–Crippen MR) is 51.8 cm³/mol. The lowest BCUT2D eigenvalue weighted by molar-refractivity contribution is 0.619. The Balaban J connectivity index is 3.05. The molecule has 0 aliphatic rings. The summed E-state index contributed by atoms with van der Waals surface area (Å²) in [5.74, 6) is 0.0560. The average molecular weight is 226 g/mol. The van der Waals surface area contributed by atoms with Gasteiger partial charge in [-0.3, -0.25) is 0 Å². The number of rotatable bonds is 2. The van der Waals surface area contributed by atoms with Gasteiger partial charge >= 0.3 is 0 Å². The Morgan fingerprint density at radius 1 is 1.42 bits per heavy atom. The highest BCUT2D eigenvalue weighted by Crippen LogP contribution is 2.20. The van der Waals surface area contributed by atoms with Crippen LogP contribution >= 0.6 is 35.8 Å². The van der Waals surface area contributed by atoms with E-state index in [1.54, 1.807) is 0 Å². The molecule has 1 rings (SSSR count). The Labute approximate surface area is 85.3 Å². The SMILES string of the molecule is Fc1cc(CCS)c(Cl)nc1Cl. The van der Waals surface area contributed by atoms with Crippen LogP contribution in [0.1, 0.15) is 5.56 Å². The first-order valence-corrected chi connectivity index (χ1v) is 4.65. The molecule has 66 valence electrons. The molecule has 0 unspecified atom stereocenters. The Kier molecular flexibility index (Phi) is 3.62. The number of hydrogen-bond donors (Lipinski definition) is 1. The minimum atomic E-state index is -0.544. The van der Waals surface area contributed by atoms with Crippen LogP contribution in [-0.2, 0) is 6.42 Å². The molecule has 0 spiro atoms. The van der Waals surface area contributed by atoms with Crippen LogP contribution in [0.25, 0.3) is 0 Å². The van der Waals surface area contributed by atoms with Crippen molar-refractivity contribution in [2.24, 2.45) is 0 Å². The Hall–Kier alpha value is 0.01000. The van der Waals surface area contributed by atoms with Gasteiger partial charge in [-0.25, -0.2) is 9.37 Å². The van der Waals surface area contributed by atoms with E-state index in [-0.39, 0.29) is 10.3 Å². The quantitative estimate of drug-likeness (QED) is 0.604. The molecule has 5 heteroatoms. The Bertz CT molecular complexity index is 293. The second-order valence-electron chi connectivity index (χ2n) is 2.18. The summed E-state index contributed by atoms with van der Waals surface area (Å²) in [6.45, 7) is 0. The van der Waals surface area contributed by atoms with Crippen molar-refractivity contribution in [2.45, 2.75) is 6.42 Å². The van der Waals surface area contributed by atoms with E-state index >= 15 is 0 Å². The third-order valence-electron chi connectivity index (χ3n) is 1.34. The van der Waals surface area contributed by atoms with Gasteiger partial charge in [0.1, 0.15) is 5.15 Å². The van der Waals surface area contributed by atoms with Crippen molar-refractivity contribution in [3.63, 3.8) is 0 Å². The molecule has 0 radical (unpaired) electrons. The average Bonchev–Trinajstić information content (AvgIpc) is 2.01. The van der Waals surface area contributed by atoms with Gasteiger partial charge < -0.3 is 0 Å². The van der Waals surface area contributed by atoms with Gasteiger partial charge in [-0.05, 0) is 23.8 Å². The maximum atomic E-state index is 12.8. The van der Waals surface area contributed by atoms with Crippen molar-refractivity contribution in [1.82, 2.24) is 4.98 Å². The van der Waals surface area contributed by atoms with E-state index in [4.69, 9.17) is 23.2 Å². The zero-order valence-corrected chi connectivity index (χ0v) is 8.43. The molecule has 0 bridgehead atoms. The van der Waals surface area contributed by atoms with E-state index in [9.17, 15) is 4.39 Å². The monoisotopic (exact) mass is 225 g/mol. The molecule has 0 aliphatic heterocycles.